The number of aromatic nitrogens is 1. The van der Waals surface area contributed by atoms with Crippen molar-refractivity contribution in [3.05, 3.63) is 16.1 Å². The van der Waals surface area contributed by atoms with Gasteiger partial charge in [0.15, 0.2) is 0 Å². The first kappa shape index (κ1) is 14.8. The molecule has 7 heteroatoms. The predicted molar refractivity (Wildman–Crippen MR) is 75.6 cm³/mol. The molecular weight excluding hydrogens is 278 g/mol. The zero-order valence-corrected chi connectivity index (χ0v) is 12.2. The van der Waals surface area contributed by atoms with E-state index in [1.807, 2.05) is 6.20 Å². The zero-order valence-electron chi connectivity index (χ0n) is 11.4. The molecule has 0 unspecified atom stereocenters. The Morgan fingerprint density at radius 3 is 2.90 bits per heavy atom. The smallest absolute Gasteiger partial charge is 0.315 e. The lowest BCUT2D eigenvalue weighted by atomic mass is 10.1. The van der Waals surface area contributed by atoms with Crippen LogP contribution in [0.25, 0.3) is 0 Å². The molecule has 2 rings (SSSR count). The molecule has 0 saturated heterocycles. The number of hydrogen-bond donors (Lipinski definition) is 3. The summed E-state index contributed by atoms with van der Waals surface area (Å²) >= 11 is 1.59. The topological polar surface area (TPSA) is 91.3 Å². The van der Waals surface area contributed by atoms with Crippen LogP contribution < -0.4 is 10.6 Å². The highest BCUT2D eigenvalue weighted by Gasteiger charge is 2.30. The molecule has 0 radical (unpaired) electrons. The number of rotatable bonds is 5. The summed E-state index contributed by atoms with van der Waals surface area (Å²) in [5.74, 6) is -1.10. The quantitative estimate of drug-likeness (QED) is 0.772. The molecule has 0 aromatic carbocycles. The molecule has 20 heavy (non-hydrogen) atoms. The van der Waals surface area contributed by atoms with Crippen molar-refractivity contribution in [2.75, 3.05) is 0 Å². The van der Waals surface area contributed by atoms with E-state index >= 15 is 0 Å². The van der Waals surface area contributed by atoms with E-state index in [4.69, 9.17) is 5.11 Å². The van der Waals surface area contributed by atoms with Crippen molar-refractivity contribution in [2.45, 2.75) is 45.2 Å². The second-order valence-electron chi connectivity index (χ2n) is 4.95. The molecule has 1 aliphatic rings. The van der Waals surface area contributed by atoms with E-state index in [9.17, 15) is 9.59 Å². The highest BCUT2D eigenvalue weighted by molar-refractivity contribution is 7.11. The fourth-order valence-electron chi connectivity index (χ4n) is 2.32. The molecule has 1 aromatic rings. The molecule has 1 heterocycles. The number of urea groups is 1. The van der Waals surface area contributed by atoms with Gasteiger partial charge in [0.05, 0.1) is 12.5 Å². The van der Waals surface area contributed by atoms with Gasteiger partial charge in [-0.1, -0.05) is 6.92 Å². The Labute approximate surface area is 121 Å². The summed E-state index contributed by atoms with van der Waals surface area (Å²) in [4.78, 5) is 28.0. The van der Waals surface area contributed by atoms with Gasteiger partial charge in [-0.3, -0.25) is 4.79 Å². The molecule has 1 saturated carbocycles. The molecule has 1 aliphatic carbocycles. The average molecular weight is 297 g/mol. The van der Waals surface area contributed by atoms with Crippen molar-refractivity contribution in [3.63, 3.8) is 0 Å². The van der Waals surface area contributed by atoms with Crippen LogP contribution >= 0.6 is 11.3 Å². The van der Waals surface area contributed by atoms with E-state index in [-0.39, 0.29) is 18.0 Å². The van der Waals surface area contributed by atoms with E-state index in [0.29, 0.717) is 19.4 Å². The Kier molecular flexibility index (Phi) is 4.94. The molecule has 3 N–H and O–H groups in total. The SMILES string of the molecule is CCc1cnc(CNC(=O)N[C@H]2CC[C@@H](C(=O)O)C2)s1. The molecular formula is C13H19N3O3S. The number of thiazole rings is 1. The maximum Gasteiger partial charge on any atom is 0.315 e. The largest absolute Gasteiger partial charge is 0.481 e. The first-order valence-corrected chi connectivity index (χ1v) is 7.61. The van der Waals surface area contributed by atoms with Gasteiger partial charge >= 0.3 is 12.0 Å². The van der Waals surface area contributed by atoms with Crippen molar-refractivity contribution >= 4 is 23.3 Å². The molecule has 0 aliphatic heterocycles. The molecule has 0 spiro atoms. The number of nitrogens with zero attached hydrogens (tertiary/aromatic N) is 1. The summed E-state index contributed by atoms with van der Waals surface area (Å²) in [6, 6.07) is -0.298. The van der Waals surface area contributed by atoms with Crippen molar-refractivity contribution in [2.24, 2.45) is 5.92 Å². The number of carboxylic acids is 1. The Hall–Kier alpha value is -1.63. The van der Waals surface area contributed by atoms with E-state index in [2.05, 4.69) is 22.5 Å². The fourth-order valence-corrected chi connectivity index (χ4v) is 3.12. The lowest BCUT2D eigenvalue weighted by molar-refractivity contribution is -0.141. The summed E-state index contributed by atoms with van der Waals surface area (Å²) in [5, 5.41) is 15.4. The van der Waals surface area contributed by atoms with E-state index in [0.717, 1.165) is 17.8 Å². The van der Waals surface area contributed by atoms with Gasteiger partial charge in [0.2, 0.25) is 0 Å². The van der Waals surface area contributed by atoms with Crippen LogP contribution in [-0.2, 0) is 17.8 Å². The van der Waals surface area contributed by atoms with Crippen molar-refractivity contribution in [1.29, 1.82) is 0 Å². The summed E-state index contributed by atoms with van der Waals surface area (Å²) in [5.41, 5.74) is 0. The standard InChI is InChI=1S/C13H19N3O3S/c1-2-10-6-14-11(20-10)7-15-13(19)16-9-4-3-8(5-9)12(17)18/h6,8-9H,2-5,7H2,1H3,(H,17,18)(H2,15,16,19)/t8-,9+/m1/s1. The minimum Gasteiger partial charge on any atom is -0.481 e. The Morgan fingerprint density at radius 2 is 2.30 bits per heavy atom. The maximum atomic E-state index is 11.7. The van der Waals surface area contributed by atoms with Gasteiger partial charge in [-0.25, -0.2) is 9.78 Å². The van der Waals surface area contributed by atoms with Crippen molar-refractivity contribution < 1.29 is 14.7 Å². The van der Waals surface area contributed by atoms with Crippen LogP contribution in [0.3, 0.4) is 0 Å². The van der Waals surface area contributed by atoms with Gasteiger partial charge < -0.3 is 15.7 Å². The third kappa shape index (κ3) is 3.93. The number of carbonyl (C=O) groups excluding carboxylic acids is 1. The van der Waals surface area contributed by atoms with Gasteiger partial charge in [0.1, 0.15) is 5.01 Å². The minimum absolute atomic E-state index is 0.0430. The Morgan fingerprint density at radius 1 is 1.50 bits per heavy atom. The second-order valence-corrected chi connectivity index (χ2v) is 6.15. The lowest BCUT2D eigenvalue weighted by Crippen LogP contribution is -2.40. The number of aliphatic carboxylic acids is 1. The van der Waals surface area contributed by atoms with Crippen LogP contribution in [-0.4, -0.2) is 28.1 Å². The molecule has 1 aromatic heterocycles. The van der Waals surface area contributed by atoms with Crippen LogP contribution in [0.2, 0.25) is 0 Å². The monoisotopic (exact) mass is 297 g/mol. The van der Waals surface area contributed by atoms with Gasteiger partial charge in [0, 0.05) is 17.1 Å². The number of aryl methyl sites for hydroxylation is 1. The first-order chi connectivity index (χ1) is 9.58. The molecule has 2 amide bonds. The molecule has 2 atom stereocenters. The van der Waals surface area contributed by atoms with Gasteiger partial charge in [-0.2, -0.15) is 0 Å². The normalized spacial score (nSPS) is 21.6. The van der Waals surface area contributed by atoms with Gasteiger partial charge in [-0.05, 0) is 25.7 Å². The number of carbonyl (C=O) groups is 2. The summed E-state index contributed by atoms with van der Waals surface area (Å²) in [6.07, 6.45) is 4.64. The fraction of sp³-hybridized carbons (Fsp3) is 0.615. The van der Waals surface area contributed by atoms with Crippen LogP contribution in [0, 0.1) is 5.92 Å². The van der Waals surface area contributed by atoms with E-state index < -0.39 is 5.97 Å². The van der Waals surface area contributed by atoms with Crippen LogP contribution in [0.1, 0.15) is 36.1 Å². The highest BCUT2D eigenvalue weighted by atomic mass is 32.1. The zero-order chi connectivity index (χ0) is 14.5. The molecule has 1 fully saturated rings. The first-order valence-electron chi connectivity index (χ1n) is 6.79. The van der Waals surface area contributed by atoms with Crippen LogP contribution in [0.4, 0.5) is 4.79 Å². The predicted octanol–water partition coefficient (Wildman–Crippen LogP) is 1.76. The molecule has 6 nitrogen and oxygen atoms in total. The van der Waals surface area contributed by atoms with E-state index in [1.54, 1.807) is 11.3 Å². The number of amides is 2. The van der Waals surface area contributed by atoms with Crippen molar-refractivity contribution in [3.8, 4) is 0 Å². The second kappa shape index (κ2) is 6.69. The Bertz CT molecular complexity index is 489. The minimum atomic E-state index is -0.774. The van der Waals surface area contributed by atoms with Crippen LogP contribution in [0.5, 0.6) is 0 Å². The van der Waals surface area contributed by atoms with Crippen LogP contribution in [0.15, 0.2) is 6.20 Å². The van der Waals surface area contributed by atoms with E-state index in [1.165, 1.54) is 4.88 Å². The van der Waals surface area contributed by atoms with Gasteiger partial charge in [-0.15, -0.1) is 11.3 Å². The van der Waals surface area contributed by atoms with Crippen molar-refractivity contribution in [1.82, 2.24) is 15.6 Å². The third-order valence-electron chi connectivity index (χ3n) is 3.47. The summed E-state index contributed by atoms with van der Waals surface area (Å²) < 4.78 is 0. The number of nitrogens with one attached hydrogen (secondary N) is 2. The maximum absolute atomic E-state index is 11.7. The Balaban J connectivity index is 1.72. The third-order valence-corrected chi connectivity index (χ3v) is 4.61. The average Bonchev–Trinajstić information content (AvgIpc) is 3.04. The summed E-state index contributed by atoms with van der Waals surface area (Å²) in [6.45, 7) is 2.47. The number of hydrogen-bond acceptors (Lipinski definition) is 4. The molecule has 0 bridgehead atoms. The lowest BCUT2D eigenvalue weighted by Gasteiger charge is -2.12. The summed E-state index contributed by atoms with van der Waals surface area (Å²) in [7, 11) is 0. The molecule has 110 valence electrons. The number of carboxylic acid groups (broad SMARTS) is 1. The highest BCUT2D eigenvalue weighted by Crippen LogP contribution is 2.25. The van der Waals surface area contributed by atoms with Gasteiger partial charge in [0.25, 0.3) is 0 Å².